The van der Waals surface area contributed by atoms with Crippen molar-refractivity contribution in [2.24, 2.45) is 0 Å². The molecule has 2 bridgehead atoms. The summed E-state index contributed by atoms with van der Waals surface area (Å²) in [6, 6.07) is 3.35. The summed E-state index contributed by atoms with van der Waals surface area (Å²) in [6.07, 6.45) is 1.04. The van der Waals surface area contributed by atoms with Crippen molar-refractivity contribution >= 4 is 5.82 Å². The Kier molecular flexibility index (Phi) is 3.15. The topological polar surface area (TPSA) is 56.6 Å². The molecule has 3 aliphatic heterocycles. The maximum Gasteiger partial charge on any atom is 0.352 e. The molecule has 2 aromatic rings. The average Bonchev–Trinajstić information content (AvgIpc) is 3.26. The first-order chi connectivity index (χ1) is 12.4. The van der Waals surface area contributed by atoms with Crippen LogP contribution in [0.25, 0.3) is 0 Å². The van der Waals surface area contributed by atoms with E-state index in [0.717, 1.165) is 18.6 Å². The van der Waals surface area contributed by atoms with E-state index in [1.165, 1.54) is 0 Å². The van der Waals surface area contributed by atoms with Crippen molar-refractivity contribution in [3.8, 4) is 5.88 Å². The second kappa shape index (κ2) is 5.23. The molecule has 0 aliphatic carbocycles. The molecule has 136 valence electrons. The van der Waals surface area contributed by atoms with Crippen molar-refractivity contribution < 1.29 is 22.6 Å². The van der Waals surface area contributed by atoms with Gasteiger partial charge in [-0.05, 0) is 17.7 Å². The summed E-state index contributed by atoms with van der Waals surface area (Å²) in [5, 5.41) is 0. The minimum Gasteiger partial charge on any atom is -0.473 e. The van der Waals surface area contributed by atoms with Crippen LogP contribution in [0.15, 0.2) is 23.0 Å². The second-order valence-electron chi connectivity index (χ2n) is 6.96. The molecule has 3 aliphatic rings. The summed E-state index contributed by atoms with van der Waals surface area (Å²) < 4.78 is 52.3. The van der Waals surface area contributed by atoms with Gasteiger partial charge in [0.25, 0.3) is 0 Å². The summed E-state index contributed by atoms with van der Waals surface area (Å²) >= 11 is 0. The summed E-state index contributed by atoms with van der Waals surface area (Å²) in [4.78, 5) is 18.4. The van der Waals surface area contributed by atoms with Crippen LogP contribution in [-0.2, 0) is 17.9 Å². The Morgan fingerprint density at radius 1 is 1.27 bits per heavy atom. The molecule has 26 heavy (non-hydrogen) atoms. The van der Waals surface area contributed by atoms with E-state index < -0.39 is 23.1 Å². The normalized spacial score (nSPS) is 25.5. The third-order valence-electron chi connectivity index (χ3n) is 5.28. The van der Waals surface area contributed by atoms with Gasteiger partial charge in [-0.3, -0.25) is 4.57 Å². The maximum absolute atomic E-state index is 13.3. The highest BCUT2D eigenvalue weighted by Gasteiger charge is 2.56. The highest BCUT2D eigenvalue weighted by atomic mass is 19.2. The number of nitrogens with zero attached hydrogens (tertiary/aromatic N) is 3. The van der Waals surface area contributed by atoms with E-state index in [9.17, 15) is 18.0 Å². The summed E-state index contributed by atoms with van der Waals surface area (Å²) in [7, 11) is 0. The number of aromatic nitrogens is 2. The number of anilines is 1. The zero-order valence-corrected chi connectivity index (χ0v) is 13.5. The molecule has 1 aromatic heterocycles. The first kappa shape index (κ1) is 15.7. The molecule has 4 heterocycles. The van der Waals surface area contributed by atoms with Crippen molar-refractivity contribution in [3.63, 3.8) is 0 Å². The predicted molar refractivity (Wildman–Crippen MR) is 83.6 cm³/mol. The molecule has 0 radical (unpaired) electrons. The number of morpholine rings is 1. The van der Waals surface area contributed by atoms with Gasteiger partial charge in [-0.1, -0.05) is 0 Å². The smallest absolute Gasteiger partial charge is 0.352 e. The Hall–Kier alpha value is -2.55. The lowest BCUT2D eigenvalue weighted by atomic mass is 10.0. The Bertz CT molecular complexity index is 956. The first-order valence-corrected chi connectivity index (χ1v) is 8.23. The van der Waals surface area contributed by atoms with Crippen LogP contribution in [0.4, 0.5) is 19.0 Å². The summed E-state index contributed by atoms with van der Waals surface area (Å²) in [5.74, 6) is -3.34. The molecule has 0 unspecified atom stereocenters. The van der Waals surface area contributed by atoms with Gasteiger partial charge < -0.3 is 14.4 Å². The molecule has 9 heteroatoms. The lowest BCUT2D eigenvalue weighted by Crippen LogP contribution is -2.46. The van der Waals surface area contributed by atoms with Crippen LogP contribution in [0.5, 0.6) is 5.88 Å². The number of rotatable bonds is 3. The van der Waals surface area contributed by atoms with E-state index in [4.69, 9.17) is 9.47 Å². The Morgan fingerprint density at radius 3 is 2.77 bits per heavy atom. The van der Waals surface area contributed by atoms with Gasteiger partial charge in [0.05, 0.1) is 24.8 Å². The molecule has 0 N–H and O–H groups in total. The third-order valence-corrected chi connectivity index (χ3v) is 5.28. The third kappa shape index (κ3) is 2.16. The van der Waals surface area contributed by atoms with E-state index in [2.05, 4.69) is 9.88 Å². The van der Waals surface area contributed by atoms with Gasteiger partial charge in [-0.2, -0.15) is 4.98 Å². The van der Waals surface area contributed by atoms with Crippen LogP contribution in [0.2, 0.25) is 0 Å². The molecule has 6 nitrogen and oxygen atoms in total. The van der Waals surface area contributed by atoms with Gasteiger partial charge in [0.15, 0.2) is 17.5 Å². The molecule has 5 rings (SSSR count). The quantitative estimate of drug-likeness (QED) is 0.774. The van der Waals surface area contributed by atoms with Crippen molar-refractivity contribution in [1.82, 2.24) is 9.55 Å². The van der Waals surface area contributed by atoms with E-state index in [0.29, 0.717) is 25.5 Å². The predicted octanol–water partition coefficient (Wildman–Crippen LogP) is 1.60. The minimum absolute atomic E-state index is 0.0622. The fourth-order valence-corrected chi connectivity index (χ4v) is 4.11. The monoisotopic (exact) mass is 365 g/mol. The average molecular weight is 365 g/mol. The van der Waals surface area contributed by atoms with Gasteiger partial charge in [0.2, 0.25) is 5.88 Å². The number of fused-ring (bicyclic) bond motifs is 3. The standard InChI is InChI=1S/C17H14F3N3O3/c18-11-1-9(2-12(19)15(11)20)6-25-13-3-14-22(16(24)21-13)7-17-4-10(26-8-17)5-23(14)17/h1-3,10H,4-8H2/t10-,17+/m1/s1. The highest BCUT2D eigenvalue weighted by Crippen LogP contribution is 2.46. The van der Waals surface area contributed by atoms with Crippen molar-refractivity contribution in [2.75, 3.05) is 18.1 Å². The fourth-order valence-electron chi connectivity index (χ4n) is 4.11. The molecule has 1 spiro atoms. The Balaban J connectivity index is 1.42. The van der Waals surface area contributed by atoms with Gasteiger partial charge in [-0.25, -0.2) is 18.0 Å². The molecule has 2 atom stereocenters. The highest BCUT2D eigenvalue weighted by molar-refractivity contribution is 5.52. The zero-order valence-electron chi connectivity index (χ0n) is 13.5. The van der Waals surface area contributed by atoms with E-state index >= 15 is 0 Å². The van der Waals surface area contributed by atoms with Gasteiger partial charge in [0.1, 0.15) is 12.4 Å². The summed E-state index contributed by atoms with van der Waals surface area (Å²) in [5.41, 5.74) is -0.532. The molecule has 0 amide bonds. The van der Waals surface area contributed by atoms with Crippen molar-refractivity contribution in [1.29, 1.82) is 0 Å². The number of halogens is 3. The number of hydrogen-bond acceptors (Lipinski definition) is 5. The lowest BCUT2D eigenvalue weighted by molar-refractivity contribution is 0.0856. The summed E-state index contributed by atoms with van der Waals surface area (Å²) in [6.45, 7) is 1.57. The number of hydrogen-bond donors (Lipinski definition) is 0. The SMILES string of the molecule is O=c1nc(OCc2cc(F)c(F)c(F)c2)cc2n1C[C@@]13CO[C@@H](CN21)C3. The number of ether oxygens (including phenoxy) is 2. The van der Waals surface area contributed by atoms with E-state index in [1.807, 2.05) is 0 Å². The zero-order chi connectivity index (χ0) is 18.1. The Labute approximate surface area is 145 Å². The van der Waals surface area contributed by atoms with Crippen LogP contribution in [0, 0.1) is 17.5 Å². The molecular weight excluding hydrogens is 351 g/mol. The maximum atomic E-state index is 13.3. The van der Waals surface area contributed by atoms with Gasteiger partial charge in [-0.15, -0.1) is 0 Å². The molecule has 1 aromatic carbocycles. The lowest BCUT2D eigenvalue weighted by Gasteiger charge is -2.32. The van der Waals surface area contributed by atoms with Gasteiger partial charge >= 0.3 is 5.69 Å². The number of benzene rings is 1. The Morgan fingerprint density at radius 2 is 2.04 bits per heavy atom. The van der Waals surface area contributed by atoms with Crippen molar-refractivity contribution in [3.05, 3.63) is 51.7 Å². The molecular formula is C17H14F3N3O3. The molecule has 2 saturated heterocycles. The van der Waals surface area contributed by atoms with Crippen molar-refractivity contribution in [2.45, 2.75) is 31.2 Å². The minimum atomic E-state index is -1.53. The van der Waals surface area contributed by atoms with Crippen LogP contribution in [-0.4, -0.2) is 34.3 Å². The van der Waals surface area contributed by atoms with Crippen LogP contribution in [0.1, 0.15) is 12.0 Å². The fraction of sp³-hybridized carbons (Fsp3) is 0.412. The second-order valence-corrected chi connectivity index (χ2v) is 6.96. The van der Waals surface area contributed by atoms with Gasteiger partial charge in [0, 0.05) is 19.0 Å². The van der Waals surface area contributed by atoms with Crippen LogP contribution >= 0.6 is 0 Å². The van der Waals surface area contributed by atoms with Crippen LogP contribution < -0.4 is 15.3 Å². The molecule has 0 saturated carbocycles. The van der Waals surface area contributed by atoms with E-state index in [-0.39, 0.29) is 29.7 Å². The largest absolute Gasteiger partial charge is 0.473 e. The first-order valence-electron chi connectivity index (χ1n) is 8.23. The van der Waals surface area contributed by atoms with Crippen LogP contribution in [0.3, 0.4) is 0 Å². The van der Waals surface area contributed by atoms with E-state index in [1.54, 1.807) is 10.6 Å². The molecule has 2 fully saturated rings.